The molecule has 1 aromatic heterocycles. The highest BCUT2D eigenvalue weighted by atomic mass is 35.5. The molecule has 1 fully saturated rings. The van der Waals surface area contributed by atoms with Gasteiger partial charge in [0.05, 0.1) is 28.7 Å². The van der Waals surface area contributed by atoms with Gasteiger partial charge < -0.3 is 14.9 Å². The molecule has 1 aliphatic heterocycles. The summed E-state index contributed by atoms with van der Waals surface area (Å²) in [5, 5.41) is 19.3. The van der Waals surface area contributed by atoms with Crippen molar-refractivity contribution in [3.63, 3.8) is 0 Å². The van der Waals surface area contributed by atoms with E-state index >= 15 is 0 Å². The number of nitrogens with zero attached hydrogens (tertiary/aromatic N) is 4. The molecule has 26 heavy (non-hydrogen) atoms. The molecule has 0 saturated carbocycles. The monoisotopic (exact) mass is 394 g/mol. The number of piperidine rings is 1. The van der Waals surface area contributed by atoms with E-state index in [0.29, 0.717) is 35.1 Å². The van der Waals surface area contributed by atoms with E-state index in [-0.39, 0.29) is 5.91 Å². The molecule has 2 heterocycles. The highest BCUT2D eigenvalue weighted by Crippen LogP contribution is 2.32. The van der Waals surface area contributed by atoms with Crippen molar-refractivity contribution in [3.05, 3.63) is 40.5 Å². The second-order valence-electron chi connectivity index (χ2n) is 6.54. The first-order chi connectivity index (χ1) is 12.4. The molecule has 2 aromatic rings. The summed E-state index contributed by atoms with van der Waals surface area (Å²) in [5.74, 6) is -0.0494. The van der Waals surface area contributed by atoms with E-state index in [1.54, 1.807) is 43.4 Å². The third kappa shape index (κ3) is 3.92. The molecule has 1 amide bonds. The molecule has 1 aliphatic rings. The summed E-state index contributed by atoms with van der Waals surface area (Å²) in [6.07, 6.45) is 2.12. The number of aromatic nitrogens is 2. The fourth-order valence-electron chi connectivity index (χ4n) is 3.13. The lowest BCUT2D eigenvalue weighted by Gasteiger charge is -2.39. The summed E-state index contributed by atoms with van der Waals surface area (Å²) in [7, 11) is 3.43. The molecular formula is C18H20Cl2N4O2. The van der Waals surface area contributed by atoms with E-state index in [4.69, 9.17) is 23.2 Å². The van der Waals surface area contributed by atoms with E-state index in [1.807, 2.05) is 11.0 Å². The zero-order valence-corrected chi connectivity index (χ0v) is 16.1. The van der Waals surface area contributed by atoms with Crippen molar-refractivity contribution in [2.75, 3.05) is 25.5 Å². The van der Waals surface area contributed by atoms with Crippen molar-refractivity contribution >= 4 is 34.8 Å². The molecule has 6 nitrogen and oxygen atoms in total. The number of anilines is 1. The van der Waals surface area contributed by atoms with Crippen molar-refractivity contribution in [2.45, 2.75) is 25.0 Å². The van der Waals surface area contributed by atoms with E-state index in [1.165, 1.54) is 0 Å². The Bertz CT molecular complexity index is 816. The topological polar surface area (TPSA) is 69.6 Å². The van der Waals surface area contributed by atoms with Crippen LogP contribution in [0, 0.1) is 0 Å². The van der Waals surface area contributed by atoms with Crippen molar-refractivity contribution in [2.24, 2.45) is 0 Å². The maximum absolute atomic E-state index is 12.6. The average molecular weight is 395 g/mol. The molecule has 1 saturated heterocycles. The van der Waals surface area contributed by atoms with Crippen molar-refractivity contribution < 1.29 is 9.90 Å². The van der Waals surface area contributed by atoms with Crippen molar-refractivity contribution in [1.29, 1.82) is 0 Å². The molecule has 1 N–H and O–H groups in total. The first-order valence-corrected chi connectivity index (χ1v) is 9.06. The number of carbonyl (C=O) groups excluding carboxylic acids is 1. The summed E-state index contributed by atoms with van der Waals surface area (Å²) in [4.78, 5) is 16.1. The van der Waals surface area contributed by atoms with Gasteiger partial charge in [-0.15, -0.1) is 0 Å². The van der Waals surface area contributed by atoms with Crippen LogP contribution in [0.4, 0.5) is 5.69 Å². The minimum atomic E-state index is -0.486. The first kappa shape index (κ1) is 18.9. The number of hydrogen-bond donors (Lipinski definition) is 1. The molecule has 1 aromatic carbocycles. The molecule has 2 atom stereocenters. The third-order valence-corrected chi connectivity index (χ3v) is 5.03. The molecule has 0 bridgehead atoms. The second kappa shape index (κ2) is 7.78. The van der Waals surface area contributed by atoms with Gasteiger partial charge in [0.25, 0.3) is 0 Å². The number of aliphatic hydroxyl groups excluding tert-OH is 1. The Morgan fingerprint density at radius 3 is 2.77 bits per heavy atom. The average Bonchev–Trinajstić information content (AvgIpc) is 2.61. The Morgan fingerprint density at radius 1 is 1.31 bits per heavy atom. The Labute approximate surface area is 162 Å². The van der Waals surface area contributed by atoms with Gasteiger partial charge in [-0.2, -0.15) is 10.2 Å². The standard InChI is InChI=1S/C18H20Cl2N4O2/c1-23(2)18(26)17-9-13(25)5-6-24(17)12-8-16(22-21-10-12)14-4-3-11(19)7-15(14)20/h3-4,7-8,10,13,17,25H,5-6,9H2,1-2H3. The van der Waals surface area contributed by atoms with Gasteiger partial charge >= 0.3 is 0 Å². The van der Waals surface area contributed by atoms with Crippen LogP contribution in [0.2, 0.25) is 10.0 Å². The zero-order chi connectivity index (χ0) is 18.8. The number of halogens is 2. The predicted molar refractivity (Wildman–Crippen MR) is 103 cm³/mol. The normalized spacial score (nSPS) is 20.1. The minimum Gasteiger partial charge on any atom is -0.393 e. The number of rotatable bonds is 3. The van der Waals surface area contributed by atoms with Crippen LogP contribution in [0.3, 0.4) is 0 Å². The molecule has 0 spiro atoms. The summed E-state index contributed by atoms with van der Waals surface area (Å²) in [6.45, 7) is 0.560. The van der Waals surface area contributed by atoms with E-state index < -0.39 is 12.1 Å². The van der Waals surface area contributed by atoms with Crippen LogP contribution in [0.5, 0.6) is 0 Å². The van der Waals surface area contributed by atoms with Crippen molar-refractivity contribution in [1.82, 2.24) is 15.1 Å². The van der Waals surface area contributed by atoms with Crippen LogP contribution in [0.1, 0.15) is 12.8 Å². The van der Waals surface area contributed by atoms with Crippen LogP contribution < -0.4 is 4.90 Å². The highest BCUT2D eigenvalue weighted by Gasteiger charge is 2.34. The van der Waals surface area contributed by atoms with Crippen LogP contribution >= 0.6 is 23.2 Å². The first-order valence-electron chi connectivity index (χ1n) is 8.31. The van der Waals surface area contributed by atoms with E-state index in [0.717, 1.165) is 11.3 Å². The van der Waals surface area contributed by atoms with Gasteiger partial charge in [-0.25, -0.2) is 0 Å². The van der Waals surface area contributed by atoms with Gasteiger partial charge in [0, 0.05) is 37.6 Å². The SMILES string of the molecule is CN(C)C(=O)C1CC(O)CCN1c1cnnc(-c2ccc(Cl)cc2Cl)c1. The summed E-state index contributed by atoms with van der Waals surface area (Å²) in [6, 6.07) is 6.61. The molecule has 2 unspecified atom stereocenters. The largest absolute Gasteiger partial charge is 0.393 e. The van der Waals surface area contributed by atoms with Crippen molar-refractivity contribution in [3.8, 4) is 11.3 Å². The molecule has 3 rings (SSSR count). The number of likely N-dealkylation sites (N-methyl/N-ethyl adjacent to an activating group) is 1. The summed E-state index contributed by atoms with van der Waals surface area (Å²) >= 11 is 12.2. The fourth-order valence-corrected chi connectivity index (χ4v) is 3.64. The van der Waals surface area contributed by atoms with Crippen LogP contribution in [0.25, 0.3) is 11.3 Å². The quantitative estimate of drug-likeness (QED) is 0.866. The molecular weight excluding hydrogens is 375 g/mol. The second-order valence-corrected chi connectivity index (χ2v) is 7.39. The lowest BCUT2D eigenvalue weighted by Crippen LogP contribution is -2.52. The van der Waals surface area contributed by atoms with Gasteiger partial charge in [0.2, 0.25) is 5.91 Å². The van der Waals surface area contributed by atoms with Gasteiger partial charge in [-0.05, 0) is 30.7 Å². The number of hydrogen-bond acceptors (Lipinski definition) is 5. The summed E-state index contributed by atoms with van der Waals surface area (Å²) < 4.78 is 0. The molecule has 8 heteroatoms. The Kier molecular flexibility index (Phi) is 5.65. The molecule has 0 aliphatic carbocycles. The van der Waals surface area contributed by atoms with Gasteiger partial charge in [0.15, 0.2) is 0 Å². The lowest BCUT2D eigenvalue weighted by atomic mass is 9.97. The Morgan fingerprint density at radius 2 is 2.08 bits per heavy atom. The Hall–Kier alpha value is -1.89. The third-order valence-electron chi connectivity index (χ3n) is 4.48. The van der Waals surface area contributed by atoms with Gasteiger partial charge in [0.1, 0.15) is 6.04 Å². The predicted octanol–water partition coefficient (Wildman–Crippen LogP) is 2.87. The van der Waals surface area contributed by atoms with Crippen LogP contribution in [0.15, 0.2) is 30.5 Å². The summed E-state index contributed by atoms with van der Waals surface area (Å²) in [5.41, 5.74) is 2.09. The molecule has 0 radical (unpaired) electrons. The van der Waals surface area contributed by atoms with E-state index in [2.05, 4.69) is 10.2 Å². The zero-order valence-electron chi connectivity index (χ0n) is 14.6. The van der Waals surface area contributed by atoms with Crippen LogP contribution in [-0.2, 0) is 4.79 Å². The molecule has 138 valence electrons. The smallest absolute Gasteiger partial charge is 0.244 e. The number of carbonyl (C=O) groups is 1. The van der Waals surface area contributed by atoms with Gasteiger partial charge in [-0.1, -0.05) is 23.2 Å². The minimum absolute atomic E-state index is 0.0494. The van der Waals surface area contributed by atoms with E-state index in [9.17, 15) is 9.90 Å². The van der Waals surface area contributed by atoms with Gasteiger partial charge in [-0.3, -0.25) is 4.79 Å². The van der Waals surface area contributed by atoms with Crippen LogP contribution in [-0.4, -0.2) is 58.9 Å². The maximum atomic E-state index is 12.6. The number of aliphatic hydroxyl groups is 1. The lowest BCUT2D eigenvalue weighted by molar-refractivity contribution is -0.131. The number of amides is 1. The Balaban J connectivity index is 1.96. The number of benzene rings is 1. The maximum Gasteiger partial charge on any atom is 0.244 e. The highest BCUT2D eigenvalue weighted by molar-refractivity contribution is 6.36. The fraction of sp³-hybridized carbons (Fsp3) is 0.389.